The minimum atomic E-state index is 0.0360. The molecule has 110 valence electrons. The van der Waals surface area contributed by atoms with Crippen molar-refractivity contribution in [1.82, 2.24) is 0 Å². The van der Waals surface area contributed by atoms with Crippen LogP contribution >= 0.6 is 0 Å². The maximum Gasteiger partial charge on any atom is 0.171 e. The number of para-hydroxylation sites is 1. The summed E-state index contributed by atoms with van der Waals surface area (Å²) in [6, 6.07) is 11.5. The molecule has 0 aliphatic carbocycles. The van der Waals surface area contributed by atoms with E-state index >= 15 is 0 Å². The smallest absolute Gasteiger partial charge is 0.171 e. The van der Waals surface area contributed by atoms with Gasteiger partial charge in [0.1, 0.15) is 11.5 Å². The number of hydrogen-bond donors (Lipinski definition) is 0. The van der Waals surface area contributed by atoms with E-state index in [9.17, 15) is 4.79 Å². The number of ketones is 1. The number of carbonyl (C=O) groups is 1. The van der Waals surface area contributed by atoms with Gasteiger partial charge in [0.25, 0.3) is 0 Å². The van der Waals surface area contributed by atoms with Crippen LogP contribution < -0.4 is 9.47 Å². The molecule has 0 bridgehead atoms. The lowest BCUT2D eigenvalue weighted by Gasteiger charge is -2.13. The van der Waals surface area contributed by atoms with Crippen molar-refractivity contribution in [1.29, 1.82) is 0 Å². The number of rotatable bonds is 5. The molecule has 0 amide bonds. The van der Waals surface area contributed by atoms with E-state index in [0.29, 0.717) is 17.7 Å². The van der Waals surface area contributed by atoms with Gasteiger partial charge in [0.05, 0.1) is 19.8 Å². The second-order valence-corrected chi connectivity index (χ2v) is 5.07. The molecular weight excluding hydrogens is 264 g/mol. The quantitative estimate of drug-likeness (QED) is 0.784. The van der Waals surface area contributed by atoms with E-state index in [1.807, 2.05) is 50.2 Å². The van der Waals surface area contributed by atoms with Crippen LogP contribution in [0, 0.1) is 13.8 Å². The van der Waals surface area contributed by atoms with E-state index in [2.05, 4.69) is 0 Å². The summed E-state index contributed by atoms with van der Waals surface area (Å²) in [7, 11) is 3.20. The maximum absolute atomic E-state index is 12.7. The second-order valence-electron chi connectivity index (χ2n) is 5.07. The third-order valence-corrected chi connectivity index (χ3v) is 3.49. The van der Waals surface area contributed by atoms with Gasteiger partial charge in [-0.05, 0) is 37.1 Å². The summed E-state index contributed by atoms with van der Waals surface area (Å²) >= 11 is 0. The van der Waals surface area contributed by atoms with Crippen molar-refractivity contribution in [2.24, 2.45) is 0 Å². The third kappa shape index (κ3) is 3.24. The zero-order chi connectivity index (χ0) is 15.4. The Bertz CT molecular complexity index is 660. The molecule has 0 unspecified atom stereocenters. The predicted octanol–water partition coefficient (Wildman–Crippen LogP) is 3.75. The van der Waals surface area contributed by atoms with E-state index in [1.165, 1.54) is 0 Å². The number of benzene rings is 2. The predicted molar refractivity (Wildman–Crippen MR) is 83.5 cm³/mol. The van der Waals surface area contributed by atoms with E-state index in [0.717, 1.165) is 22.4 Å². The van der Waals surface area contributed by atoms with Gasteiger partial charge in [0.2, 0.25) is 0 Å². The molecule has 0 atom stereocenters. The third-order valence-electron chi connectivity index (χ3n) is 3.49. The number of methoxy groups -OCH3 is 2. The number of carbonyl (C=O) groups excluding carboxylic acids is 1. The Hall–Kier alpha value is -2.29. The Morgan fingerprint density at radius 3 is 2.33 bits per heavy atom. The molecule has 0 heterocycles. The summed E-state index contributed by atoms with van der Waals surface area (Å²) in [6.45, 7) is 3.93. The number of ether oxygens (including phenoxy) is 2. The van der Waals surface area contributed by atoms with E-state index in [-0.39, 0.29) is 5.78 Å². The van der Waals surface area contributed by atoms with Crippen molar-refractivity contribution in [3.8, 4) is 11.5 Å². The van der Waals surface area contributed by atoms with Gasteiger partial charge < -0.3 is 9.47 Å². The molecule has 2 aromatic carbocycles. The molecular formula is C18H20O3. The standard InChI is InChI=1S/C18H20O3/c1-12-9-13(2)18(17(10-12)21-4)15(19)11-14-7-5-6-8-16(14)20-3/h5-10H,11H2,1-4H3. The largest absolute Gasteiger partial charge is 0.496 e. The summed E-state index contributed by atoms with van der Waals surface area (Å²) in [6.07, 6.45) is 0.296. The van der Waals surface area contributed by atoms with Crippen LogP contribution in [0.2, 0.25) is 0 Å². The Balaban J connectivity index is 2.37. The first-order chi connectivity index (χ1) is 10.1. The minimum Gasteiger partial charge on any atom is -0.496 e. The van der Waals surface area contributed by atoms with Crippen LogP contribution in [0.25, 0.3) is 0 Å². The first-order valence-electron chi connectivity index (χ1n) is 6.87. The summed E-state index contributed by atoms with van der Waals surface area (Å²) in [5.41, 5.74) is 3.55. The van der Waals surface area contributed by atoms with Gasteiger partial charge in [-0.25, -0.2) is 0 Å². The number of hydrogen-bond acceptors (Lipinski definition) is 3. The maximum atomic E-state index is 12.7. The zero-order valence-corrected chi connectivity index (χ0v) is 12.9. The van der Waals surface area contributed by atoms with Gasteiger partial charge in [-0.2, -0.15) is 0 Å². The Labute approximate surface area is 125 Å². The molecule has 0 aliphatic heterocycles. The van der Waals surface area contributed by atoms with Crippen molar-refractivity contribution in [2.75, 3.05) is 14.2 Å². The lowest BCUT2D eigenvalue weighted by Crippen LogP contribution is -2.09. The Morgan fingerprint density at radius 1 is 1.00 bits per heavy atom. The van der Waals surface area contributed by atoms with Crippen molar-refractivity contribution in [2.45, 2.75) is 20.3 Å². The van der Waals surface area contributed by atoms with Crippen LogP contribution in [0.1, 0.15) is 27.0 Å². The molecule has 0 aliphatic rings. The van der Waals surface area contributed by atoms with Gasteiger partial charge in [-0.3, -0.25) is 4.79 Å². The van der Waals surface area contributed by atoms with E-state index < -0.39 is 0 Å². The number of Topliss-reactive ketones (excluding diaryl/α,β-unsaturated/α-hetero) is 1. The molecule has 0 aromatic heterocycles. The molecule has 2 aromatic rings. The lowest BCUT2D eigenvalue weighted by molar-refractivity contribution is 0.0988. The van der Waals surface area contributed by atoms with Crippen LogP contribution in [-0.2, 0) is 6.42 Å². The molecule has 3 heteroatoms. The van der Waals surface area contributed by atoms with Gasteiger partial charge >= 0.3 is 0 Å². The molecule has 0 saturated carbocycles. The fourth-order valence-electron chi connectivity index (χ4n) is 2.56. The highest BCUT2D eigenvalue weighted by Crippen LogP contribution is 2.27. The molecule has 21 heavy (non-hydrogen) atoms. The van der Waals surface area contributed by atoms with Gasteiger partial charge in [-0.15, -0.1) is 0 Å². The zero-order valence-electron chi connectivity index (χ0n) is 12.9. The second kappa shape index (κ2) is 6.44. The molecule has 3 nitrogen and oxygen atoms in total. The summed E-state index contributed by atoms with van der Waals surface area (Å²) in [5.74, 6) is 1.40. The van der Waals surface area contributed by atoms with Crippen molar-refractivity contribution in [3.63, 3.8) is 0 Å². The van der Waals surface area contributed by atoms with Crippen LogP contribution in [-0.4, -0.2) is 20.0 Å². The number of aryl methyl sites for hydroxylation is 2. The average molecular weight is 284 g/mol. The van der Waals surface area contributed by atoms with E-state index in [1.54, 1.807) is 14.2 Å². The van der Waals surface area contributed by atoms with E-state index in [4.69, 9.17) is 9.47 Å². The highest BCUT2D eigenvalue weighted by molar-refractivity contribution is 6.01. The molecule has 0 saturated heterocycles. The minimum absolute atomic E-state index is 0.0360. The van der Waals surface area contributed by atoms with Crippen LogP contribution in [0.3, 0.4) is 0 Å². The monoisotopic (exact) mass is 284 g/mol. The first kappa shape index (κ1) is 15.1. The van der Waals surface area contributed by atoms with Gasteiger partial charge in [0, 0.05) is 12.0 Å². The highest BCUT2D eigenvalue weighted by Gasteiger charge is 2.17. The topological polar surface area (TPSA) is 35.5 Å². The van der Waals surface area contributed by atoms with Crippen molar-refractivity contribution < 1.29 is 14.3 Å². The molecule has 0 spiro atoms. The average Bonchev–Trinajstić information content (AvgIpc) is 2.46. The van der Waals surface area contributed by atoms with Gasteiger partial charge in [0.15, 0.2) is 5.78 Å². The fourth-order valence-corrected chi connectivity index (χ4v) is 2.56. The summed E-state index contributed by atoms with van der Waals surface area (Å²) in [4.78, 5) is 12.7. The molecule has 0 fully saturated rings. The molecule has 2 rings (SSSR count). The summed E-state index contributed by atoms with van der Waals surface area (Å²) in [5, 5.41) is 0. The normalized spacial score (nSPS) is 10.3. The SMILES string of the molecule is COc1ccccc1CC(=O)c1c(C)cc(C)cc1OC. The Morgan fingerprint density at radius 2 is 1.67 bits per heavy atom. The lowest BCUT2D eigenvalue weighted by atomic mass is 9.96. The molecule has 0 N–H and O–H groups in total. The van der Waals surface area contributed by atoms with Crippen molar-refractivity contribution in [3.05, 3.63) is 58.7 Å². The van der Waals surface area contributed by atoms with Gasteiger partial charge in [-0.1, -0.05) is 24.3 Å². The van der Waals surface area contributed by atoms with Crippen LogP contribution in [0.4, 0.5) is 0 Å². The highest BCUT2D eigenvalue weighted by atomic mass is 16.5. The first-order valence-corrected chi connectivity index (χ1v) is 6.87. The Kier molecular flexibility index (Phi) is 4.63. The van der Waals surface area contributed by atoms with Crippen molar-refractivity contribution >= 4 is 5.78 Å². The fraction of sp³-hybridized carbons (Fsp3) is 0.278. The van der Waals surface area contributed by atoms with Crippen LogP contribution in [0.15, 0.2) is 36.4 Å². The van der Waals surface area contributed by atoms with Crippen LogP contribution in [0.5, 0.6) is 11.5 Å². The molecule has 0 radical (unpaired) electrons. The summed E-state index contributed by atoms with van der Waals surface area (Å²) < 4.78 is 10.7.